The molecule has 4 heteroatoms. The maximum absolute atomic E-state index is 10.8. The average molecular weight is 229 g/mol. The Morgan fingerprint density at radius 3 is 3.06 bits per heavy atom. The van der Waals surface area contributed by atoms with Crippen molar-refractivity contribution >= 4 is 23.0 Å². The quantitative estimate of drug-likeness (QED) is 0.632. The maximum Gasteiger partial charge on any atom is 0.228 e. The van der Waals surface area contributed by atoms with E-state index in [1.165, 1.54) is 5.01 Å². The minimum absolute atomic E-state index is 0.689. The molecule has 1 N–H and O–H groups in total. The summed E-state index contributed by atoms with van der Waals surface area (Å²) in [6.07, 6.45) is 3.49. The number of hydrogen-bond acceptors (Lipinski definition) is 3. The summed E-state index contributed by atoms with van der Waals surface area (Å²) in [6.45, 7) is 2.72. The molecule has 0 radical (unpaired) electrons. The number of nitrogens with one attached hydrogen (secondary N) is 1. The fourth-order valence-electron chi connectivity index (χ4n) is 1.69. The summed E-state index contributed by atoms with van der Waals surface area (Å²) < 4.78 is 0. The number of carbonyl (C=O) groups excluding carboxylic acids is 1. The van der Waals surface area contributed by atoms with Crippen molar-refractivity contribution in [2.24, 2.45) is 0 Å². The Bertz CT molecular complexity index is 513. The molecule has 2 rings (SSSR count). The second kappa shape index (κ2) is 5.30. The molecule has 0 saturated heterocycles. The van der Waals surface area contributed by atoms with Gasteiger partial charge in [0.1, 0.15) is 0 Å². The third kappa shape index (κ3) is 2.72. The number of amides is 1. The number of hydrazine groups is 1. The van der Waals surface area contributed by atoms with E-state index in [1.807, 2.05) is 37.3 Å². The highest BCUT2D eigenvalue weighted by Crippen LogP contribution is 2.17. The molecule has 0 aliphatic heterocycles. The Labute approximate surface area is 100 Å². The van der Waals surface area contributed by atoms with E-state index in [-0.39, 0.29) is 0 Å². The van der Waals surface area contributed by atoms with Gasteiger partial charge in [-0.25, -0.2) is 0 Å². The Balaban J connectivity index is 2.21. The normalized spacial score (nSPS) is 10.2. The predicted octanol–water partition coefficient (Wildman–Crippen LogP) is 2.43. The number of benzene rings is 1. The third-order valence-electron chi connectivity index (χ3n) is 2.47. The molecule has 0 atom stereocenters. The van der Waals surface area contributed by atoms with Crippen molar-refractivity contribution in [3.05, 3.63) is 36.5 Å². The lowest BCUT2D eigenvalue weighted by Gasteiger charge is -2.18. The molecule has 0 unspecified atom stereocenters. The van der Waals surface area contributed by atoms with Gasteiger partial charge in [-0.2, -0.15) is 0 Å². The van der Waals surface area contributed by atoms with Crippen LogP contribution < -0.4 is 5.43 Å². The van der Waals surface area contributed by atoms with Crippen LogP contribution in [0.4, 0.5) is 5.69 Å². The smallest absolute Gasteiger partial charge is 0.228 e. The number of pyridine rings is 1. The van der Waals surface area contributed by atoms with E-state index >= 15 is 0 Å². The molecule has 1 aromatic carbocycles. The Morgan fingerprint density at radius 1 is 1.41 bits per heavy atom. The Kier molecular flexibility index (Phi) is 3.55. The Hall–Kier alpha value is -2.10. The number of carbonyl (C=O) groups is 1. The fraction of sp³-hybridized carbons (Fsp3) is 0.231. The van der Waals surface area contributed by atoms with E-state index in [0.29, 0.717) is 6.54 Å². The number of aromatic nitrogens is 1. The van der Waals surface area contributed by atoms with E-state index in [1.54, 1.807) is 6.20 Å². The van der Waals surface area contributed by atoms with Crippen molar-refractivity contribution in [2.45, 2.75) is 13.3 Å². The monoisotopic (exact) mass is 229 g/mol. The first-order chi connectivity index (χ1) is 8.33. The van der Waals surface area contributed by atoms with Crippen LogP contribution in [0.2, 0.25) is 0 Å². The summed E-state index contributed by atoms with van der Waals surface area (Å²) in [6, 6.07) is 9.73. The number of hydrogen-bond donors (Lipinski definition) is 1. The zero-order chi connectivity index (χ0) is 12.1. The van der Waals surface area contributed by atoms with E-state index in [0.717, 1.165) is 29.4 Å². The first-order valence-corrected chi connectivity index (χ1v) is 5.67. The van der Waals surface area contributed by atoms with Crippen LogP contribution in [-0.2, 0) is 4.79 Å². The van der Waals surface area contributed by atoms with Crippen molar-refractivity contribution in [1.29, 1.82) is 0 Å². The van der Waals surface area contributed by atoms with Crippen LogP contribution in [0.3, 0.4) is 0 Å². The van der Waals surface area contributed by atoms with Crippen molar-refractivity contribution in [1.82, 2.24) is 9.99 Å². The van der Waals surface area contributed by atoms with Crippen molar-refractivity contribution < 1.29 is 4.79 Å². The van der Waals surface area contributed by atoms with E-state index < -0.39 is 0 Å². The second-order valence-electron chi connectivity index (χ2n) is 3.82. The summed E-state index contributed by atoms with van der Waals surface area (Å²) >= 11 is 0. The van der Waals surface area contributed by atoms with Crippen LogP contribution in [-0.4, -0.2) is 22.9 Å². The molecule has 1 heterocycles. The largest absolute Gasteiger partial charge is 0.296 e. The minimum Gasteiger partial charge on any atom is -0.296 e. The molecule has 2 aromatic rings. The topological polar surface area (TPSA) is 45.2 Å². The van der Waals surface area contributed by atoms with Gasteiger partial charge in [0.15, 0.2) is 0 Å². The van der Waals surface area contributed by atoms with Gasteiger partial charge < -0.3 is 0 Å². The molecule has 0 fully saturated rings. The highest BCUT2D eigenvalue weighted by molar-refractivity contribution is 5.82. The minimum atomic E-state index is 0.689. The average Bonchev–Trinajstić information content (AvgIpc) is 2.38. The fourth-order valence-corrected chi connectivity index (χ4v) is 1.69. The van der Waals surface area contributed by atoms with Crippen LogP contribution in [0.15, 0.2) is 36.5 Å². The number of fused-ring (bicyclic) bond motifs is 1. The van der Waals surface area contributed by atoms with Crippen LogP contribution in [0, 0.1) is 0 Å². The summed E-state index contributed by atoms with van der Waals surface area (Å²) in [4.78, 5) is 15.1. The third-order valence-corrected chi connectivity index (χ3v) is 2.47. The molecule has 0 aliphatic rings. The van der Waals surface area contributed by atoms with Crippen LogP contribution in [0.1, 0.15) is 13.3 Å². The highest BCUT2D eigenvalue weighted by Gasteiger charge is 2.01. The van der Waals surface area contributed by atoms with Gasteiger partial charge in [0.25, 0.3) is 0 Å². The lowest BCUT2D eigenvalue weighted by Crippen LogP contribution is -2.29. The van der Waals surface area contributed by atoms with E-state index in [2.05, 4.69) is 10.4 Å². The molecular weight excluding hydrogens is 214 g/mol. The van der Waals surface area contributed by atoms with E-state index in [4.69, 9.17) is 0 Å². The van der Waals surface area contributed by atoms with Crippen molar-refractivity contribution in [2.75, 3.05) is 12.0 Å². The number of rotatable bonds is 5. The van der Waals surface area contributed by atoms with Gasteiger partial charge >= 0.3 is 0 Å². The zero-order valence-corrected chi connectivity index (χ0v) is 9.76. The van der Waals surface area contributed by atoms with Gasteiger partial charge in [-0.3, -0.25) is 20.2 Å². The molecular formula is C13H15N3O. The van der Waals surface area contributed by atoms with Crippen molar-refractivity contribution in [3.63, 3.8) is 0 Å². The molecule has 0 spiro atoms. The lowest BCUT2D eigenvalue weighted by atomic mass is 10.2. The lowest BCUT2D eigenvalue weighted by molar-refractivity contribution is -0.117. The van der Waals surface area contributed by atoms with Gasteiger partial charge in [-0.05, 0) is 30.7 Å². The standard InChI is InChI=1S/C13H15N3O/c1-2-8-16(10-17)15-12-5-6-13-11(9-12)4-3-7-14-13/h3-7,9-10,15H,2,8H2,1H3. The summed E-state index contributed by atoms with van der Waals surface area (Å²) in [5.41, 5.74) is 4.90. The van der Waals surface area contributed by atoms with Gasteiger partial charge in [0.05, 0.1) is 11.2 Å². The second-order valence-corrected chi connectivity index (χ2v) is 3.82. The molecule has 4 nitrogen and oxygen atoms in total. The van der Waals surface area contributed by atoms with Crippen molar-refractivity contribution in [3.8, 4) is 0 Å². The predicted molar refractivity (Wildman–Crippen MR) is 68.4 cm³/mol. The molecule has 1 amide bonds. The van der Waals surface area contributed by atoms with Crippen LogP contribution >= 0.6 is 0 Å². The number of nitrogens with zero attached hydrogens (tertiary/aromatic N) is 2. The molecule has 88 valence electrons. The molecule has 17 heavy (non-hydrogen) atoms. The molecule has 0 saturated carbocycles. The zero-order valence-electron chi connectivity index (χ0n) is 9.76. The maximum atomic E-state index is 10.8. The van der Waals surface area contributed by atoms with Gasteiger partial charge in [0, 0.05) is 18.1 Å². The molecule has 0 aliphatic carbocycles. The first kappa shape index (κ1) is 11.4. The SMILES string of the molecule is CCCN(C=O)Nc1ccc2ncccc2c1. The molecule has 1 aromatic heterocycles. The summed E-state index contributed by atoms with van der Waals surface area (Å²) in [5.74, 6) is 0. The van der Waals surface area contributed by atoms with Crippen LogP contribution in [0.5, 0.6) is 0 Å². The first-order valence-electron chi connectivity index (χ1n) is 5.67. The number of anilines is 1. The van der Waals surface area contributed by atoms with E-state index in [9.17, 15) is 4.79 Å². The summed E-state index contributed by atoms with van der Waals surface area (Å²) in [7, 11) is 0. The van der Waals surface area contributed by atoms with Gasteiger partial charge in [0.2, 0.25) is 6.41 Å². The molecule has 0 bridgehead atoms. The Morgan fingerprint density at radius 2 is 2.29 bits per heavy atom. The highest BCUT2D eigenvalue weighted by atomic mass is 16.1. The summed E-state index contributed by atoms with van der Waals surface area (Å²) in [5, 5.41) is 2.59. The van der Waals surface area contributed by atoms with Gasteiger partial charge in [-0.15, -0.1) is 0 Å². The van der Waals surface area contributed by atoms with Crippen LogP contribution in [0.25, 0.3) is 10.9 Å². The van der Waals surface area contributed by atoms with Gasteiger partial charge in [-0.1, -0.05) is 13.0 Å².